The second-order valence-corrected chi connectivity index (χ2v) is 8.14. The van der Waals surface area contributed by atoms with Gasteiger partial charge < -0.3 is 4.42 Å². The van der Waals surface area contributed by atoms with Crippen LogP contribution in [0.15, 0.2) is 71.3 Å². The predicted molar refractivity (Wildman–Crippen MR) is 121 cm³/mol. The molecule has 0 aliphatic heterocycles. The molecule has 5 aromatic rings. The fraction of sp³-hybridized carbons (Fsp3) is 0.222. The van der Waals surface area contributed by atoms with Gasteiger partial charge >= 0.3 is 0 Å². The number of benzene rings is 3. The molecule has 0 N–H and O–H groups in total. The zero-order chi connectivity index (χ0) is 21.9. The van der Waals surface area contributed by atoms with Crippen molar-refractivity contribution in [2.45, 2.75) is 27.1 Å². The fourth-order valence-corrected chi connectivity index (χ4v) is 4.24. The average Bonchev–Trinajstić information content (AvgIpc) is 3.11. The maximum absolute atomic E-state index is 8.53. The number of rotatable bonds is 3. The summed E-state index contributed by atoms with van der Waals surface area (Å²) in [5.41, 5.74) is 5.61. The first kappa shape index (κ1) is 15.8. The van der Waals surface area contributed by atoms with Crippen molar-refractivity contribution >= 4 is 32.7 Å². The van der Waals surface area contributed by atoms with Crippen LogP contribution in [0.3, 0.4) is 0 Å². The predicted octanol–water partition coefficient (Wildman–Crippen LogP) is 6.74. The van der Waals surface area contributed by atoms with Gasteiger partial charge in [-0.1, -0.05) is 44.2 Å². The van der Waals surface area contributed by atoms with Gasteiger partial charge in [0.1, 0.15) is 18.2 Å². The Hall–Kier alpha value is -3.13. The summed E-state index contributed by atoms with van der Waals surface area (Å²) < 4.78 is 25.4. The SMILES string of the molecule is [2H]C([2H])(c1cc[n+](C)c(-c2cc3oc4ccc5ccccc5c4c3cc2C)c1)C(C)C. The van der Waals surface area contributed by atoms with Gasteiger partial charge in [0, 0.05) is 25.6 Å². The van der Waals surface area contributed by atoms with Crippen molar-refractivity contribution < 1.29 is 11.7 Å². The molecule has 29 heavy (non-hydrogen) atoms. The molecule has 0 aliphatic rings. The van der Waals surface area contributed by atoms with Crippen LogP contribution in [0.25, 0.3) is 44.0 Å². The average molecular weight is 383 g/mol. The Bertz CT molecular complexity index is 1460. The van der Waals surface area contributed by atoms with Crippen LogP contribution >= 0.6 is 0 Å². The monoisotopic (exact) mass is 382 g/mol. The van der Waals surface area contributed by atoms with Crippen LogP contribution in [-0.2, 0) is 13.4 Å². The van der Waals surface area contributed by atoms with E-state index in [9.17, 15) is 0 Å². The van der Waals surface area contributed by atoms with Crippen LogP contribution in [0, 0.1) is 12.8 Å². The number of aryl methyl sites for hydroxylation is 2. The smallest absolute Gasteiger partial charge is 0.212 e. The third-order valence-corrected chi connectivity index (χ3v) is 5.59. The highest BCUT2D eigenvalue weighted by molar-refractivity contribution is 6.19. The molecule has 0 unspecified atom stereocenters. The number of nitrogens with zero attached hydrogens (tertiary/aromatic N) is 1. The van der Waals surface area contributed by atoms with Gasteiger partial charge in [0.2, 0.25) is 5.69 Å². The van der Waals surface area contributed by atoms with Gasteiger partial charge in [-0.05, 0) is 59.3 Å². The van der Waals surface area contributed by atoms with Crippen molar-refractivity contribution in [3.05, 3.63) is 78.0 Å². The van der Waals surface area contributed by atoms with E-state index in [2.05, 4.69) is 49.4 Å². The van der Waals surface area contributed by atoms with E-state index in [0.717, 1.165) is 38.8 Å². The summed E-state index contributed by atoms with van der Waals surface area (Å²) in [6, 6.07) is 20.7. The molecule has 2 nitrogen and oxygen atoms in total. The first-order valence-corrected chi connectivity index (χ1v) is 10.1. The largest absolute Gasteiger partial charge is 0.456 e. The maximum atomic E-state index is 8.53. The lowest BCUT2D eigenvalue weighted by Gasteiger charge is -2.08. The van der Waals surface area contributed by atoms with Gasteiger partial charge in [-0.3, -0.25) is 0 Å². The Morgan fingerprint density at radius 1 is 0.966 bits per heavy atom. The number of pyridine rings is 1. The van der Waals surface area contributed by atoms with Crippen LogP contribution in [0.4, 0.5) is 0 Å². The standard InChI is InChI=1S/C27H26NO/c1-17(2)13-19-11-12-28(4)24(15-19)22-16-26-23(14-18(22)3)27-21-8-6-5-7-20(21)9-10-25(27)29-26/h5-12,14-17H,13H2,1-4H3/q+1/i13D2. The van der Waals surface area contributed by atoms with Crippen LogP contribution in [-0.4, -0.2) is 0 Å². The minimum atomic E-state index is -1.39. The lowest BCUT2D eigenvalue weighted by molar-refractivity contribution is -0.660. The molecule has 0 spiro atoms. The molecule has 0 amide bonds. The fourth-order valence-electron chi connectivity index (χ4n) is 4.24. The molecule has 0 radical (unpaired) electrons. The summed E-state index contributed by atoms with van der Waals surface area (Å²) in [6.45, 7) is 5.95. The summed E-state index contributed by atoms with van der Waals surface area (Å²) in [5.74, 6) is -0.111. The van der Waals surface area contributed by atoms with Crippen molar-refractivity contribution in [3.63, 3.8) is 0 Å². The van der Waals surface area contributed by atoms with Crippen molar-refractivity contribution in [2.75, 3.05) is 0 Å². The number of aromatic nitrogens is 1. The number of furan rings is 1. The highest BCUT2D eigenvalue weighted by Crippen LogP contribution is 2.37. The molecule has 0 bridgehead atoms. The third-order valence-electron chi connectivity index (χ3n) is 5.59. The molecular formula is C27H26NO+. The number of hydrogen-bond donors (Lipinski definition) is 0. The van der Waals surface area contributed by atoms with Gasteiger partial charge in [0.05, 0.1) is 5.56 Å². The van der Waals surface area contributed by atoms with Gasteiger partial charge in [0.15, 0.2) is 6.20 Å². The molecule has 144 valence electrons. The Labute approximate surface area is 174 Å². The van der Waals surface area contributed by atoms with Crippen molar-refractivity contribution in [3.8, 4) is 11.3 Å². The summed E-state index contributed by atoms with van der Waals surface area (Å²) >= 11 is 0. The van der Waals surface area contributed by atoms with Gasteiger partial charge in [-0.25, -0.2) is 4.57 Å². The van der Waals surface area contributed by atoms with Crippen LogP contribution in [0.5, 0.6) is 0 Å². The molecule has 0 aliphatic carbocycles. The normalized spacial score (nSPS) is 13.4. The van der Waals surface area contributed by atoms with Gasteiger partial charge in [0.25, 0.3) is 0 Å². The van der Waals surface area contributed by atoms with Gasteiger partial charge in [-0.15, -0.1) is 0 Å². The van der Waals surface area contributed by atoms with E-state index in [1.807, 2.05) is 49.9 Å². The van der Waals surface area contributed by atoms with Crippen LogP contribution in [0.2, 0.25) is 0 Å². The van der Waals surface area contributed by atoms with Gasteiger partial charge in [-0.2, -0.15) is 0 Å². The lowest BCUT2D eigenvalue weighted by Crippen LogP contribution is -2.30. The molecule has 0 fully saturated rings. The van der Waals surface area contributed by atoms with Crippen molar-refractivity contribution in [1.29, 1.82) is 0 Å². The quantitative estimate of drug-likeness (QED) is 0.316. The highest BCUT2D eigenvalue weighted by Gasteiger charge is 2.18. The van der Waals surface area contributed by atoms with E-state index < -0.39 is 6.37 Å². The van der Waals surface area contributed by atoms with E-state index in [1.54, 1.807) is 0 Å². The molecule has 2 aromatic heterocycles. The maximum Gasteiger partial charge on any atom is 0.212 e. The lowest BCUT2D eigenvalue weighted by atomic mass is 9.97. The first-order chi connectivity index (χ1) is 14.8. The second kappa shape index (κ2) is 6.73. The zero-order valence-electron chi connectivity index (χ0n) is 19.3. The minimum absolute atomic E-state index is 0.111. The van der Waals surface area contributed by atoms with Crippen LogP contribution in [0.1, 0.15) is 27.7 Å². The molecule has 3 aromatic carbocycles. The molecule has 0 saturated heterocycles. The van der Waals surface area contributed by atoms with E-state index >= 15 is 0 Å². The Morgan fingerprint density at radius 2 is 1.79 bits per heavy atom. The Balaban J connectivity index is 1.76. The molecule has 2 heteroatoms. The summed E-state index contributed by atoms with van der Waals surface area (Å²) in [5, 5.41) is 4.67. The van der Waals surface area contributed by atoms with E-state index in [1.165, 1.54) is 10.8 Å². The Morgan fingerprint density at radius 3 is 2.62 bits per heavy atom. The molecule has 0 saturated carbocycles. The number of fused-ring (bicyclic) bond motifs is 5. The summed E-state index contributed by atoms with van der Waals surface area (Å²) in [7, 11) is 2.00. The van der Waals surface area contributed by atoms with Crippen molar-refractivity contribution in [1.82, 2.24) is 0 Å². The highest BCUT2D eigenvalue weighted by atomic mass is 16.3. The summed E-state index contributed by atoms with van der Waals surface area (Å²) in [6.07, 6.45) is 0.556. The van der Waals surface area contributed by atoms with E-state index in [0.29, 0.717) is 5.56 Å². The number of hydrogen-bond acceptors (Lipinski definition) is 1. The topological polar surface area (TPSA) is 17.0 Å². The third kappa shape index (κ3) is 3.00. The zero-order valence-corrected chi connectivity index (χ0v) is 17.3. The molecule has 2 heterocycles. The van der Waals surface area contributed by atoms with Crippen molar-refractivity contribution in [2.24, 2.45) is 13.0 Å². The molecule has 0 atom stereocenters. The first-order valence-electron chi connectivity index (χ1n) is 11.1. The second-order valence-electron chi connectivity index (χ2n) is 8.14. The molecular weight excluding hydrogens is 354 g/mol. The minimum Gasteiger partial charge on any atom is -0.456 e. The van der Waals surface area contributed by atoms with Crippen LogP contribution < -0.4 is 4.57 Å². The summed E-state index contributed by atoms with van der Waals surface area (Å²) in [4.78, 5) is 0. The Kier molecular flexibility index (Phi) is 3.66. The van der Waals surface area contributed by atoms with E-state index in [4.69, 9.17) is 7.16 Å². The van der Waals surface area contributed by atoms with E-state index in [-0.39, 0.29) is 5.92 Å². The molecule has 5 rings (SSSR count).